The molecule has 1 saturated heterocycles. The molecule has 0 atom stereocenters. The number of piperidine rings is 1. The van der Waals surface area contributed by atoms with Gasteiger partial charge in [-0.2, -0.15) is 0 Å². The van der Waals surface area contributed by atoms with E-state index < -0.39 is 18.5 Å². The molecular formula is C18H17Cl3N4O3. The predicted molar refractivity (Wildman–Crippen MR) is 108 cm³/mol. The summed E-state index contributed by atoms with van der Waals surface area (Å²) >= 11 is 17.8. The van der Waals surface area contributed by atoms with Gasteiger partial charge in [-0.1, -0.05) is 34.8 Å². The number of halogens is 3. The number of carbonyl (C=O) groups excluding carboxylic acids is 2. The lowest BCUT2D eigenvalue weighted by Gasteiger charge is -2.30. The van der Waals surface area contributed by atoms with Crippen LogP contribution in [0.25, 0.3) is 0 Å². The van der Waals surface area contributed by atoms with Gasteiger partial charge in [0.2, 0.25) is 5.95 Å². The molecule has 7 nitrogen and oxygen atoms in total. The summed E-state index contributed by atoms with van der Waals surface area (Å²) < 4.78 is 5.15. The van der Waals surface area contributed by atoms with Gasteiger partial charge >= 0.3 is 5.97 Å². The maximum atomic E-state index is 12.2. The van der Waals surface area contributed by atoms with Gasteiger partial charge in [-0.3, -0.25) is 9.59 Å². The Bertz CT molecular complexity index is 859. The van der Waals surface area contributed by atoms with E-state index in [1.807, 2.05) is 4.90 Å². The summed E-state index contributed by atoms with van der Waals surface area (Å²) in [5.41, 5.74) is 0.299. The van der Waals surface area contributed by atoms with Gasteiger partial charge in [-0.15, -0.1) is 0 Å². The van der Waals surface area contributed by atoms with Crippen molar-refractivity contribution in [3.63, 3.8) is 0 Å². The van der Waals surface area contributed by atoms with Crippen molar-refractivity contribution in [2.45, 2.75) is 12.8 Å². The van der Waals surface area contributed by atoms with E-state index in [4.69, 9.17) is 39.5 Å². The highest BCUT2D eigenvalue weighted by Gasteiger charge is 2.27. The molecule has 1 aromatic carbocycles. The molecule has 0 unspecified atom stereocenters. The molecule has 2 aromatic rings. The largest absolute Gasteiger partial charge is 0.455 e. The highest BCUT2D eigenvalue weighted by atomic mass is 35.5. The molecule has 0 aliphatic carbocycles. The van der Waals surface area contributed by atoms with Gasteiger partial charge in [0.1, 0.15) is 0 Å². The second-order valence-electron chi connectivity index (χ2n) is 6.21. The van der Waals surface area contributed by atoms with E-state index >= 15 is 0 Å². The third-order valence-electron chi connectivity index (χ3n) is 4.29. The van der Waals surface area contributed by atoms with Gasteiger partial charge < -0.3 is 15.0 Å². The van der Waals surface area contributed by atoms with Crippen LogP contribution in [-0.2, 0) is 14.3 Å². The van der Waals surface area contributed by atoms with Crippen LogP contribution in [0, 0.1) is 5.92 Å². The number of aromatic nitrogens is 2. The molecule has 0 bridgehead atoms. The molecule has 1 amide bonds. The van der Waals surface area contributed by atoms with Crippen LogP contribution >= 0.6 is 34.8 Å². The lowest BCUT2D eigenvalue weighted by Crippen LogP contribution is -2.38. The highest BCUT2D eigenvalue weighted by Crippen LogP contribution is 2.32. The zero-order valence-electron chi connectivity index (χ0n) is 14.7. The van der Waals surface area contributed by atoms with Crippen LogP contribution in [-0.4, -0.2) is 41.5 Å². The second-order valence-corrected chi connectivity index (χ2v) is 7.43. The molecule has 1 fully saturated rings. The molecule has 1 aliphatic heterocycles. The smallest absolute Gasteiger partial charge is 0.309 e. The van der Waals surface area contributed by atoms with E-state index in [2.05, 4.69) is 15.3 Å². The van der Waals surface area contributed by atoms with E-state index in [1.165, 1.54) is 12.1 Å². The third kappa shape index (κ3) is 5.25. The molecule has 0 spiro atoms. The minimum atomic E-state index is -0.510. The van der Waals surface area contributed by atoms with Crippen molar-refractivity contribution < 1.29 is 14.3 Å². The number of benzene rings is 1. The topological polar surface area (TPSA) is 84.4 Å². The average molecular weight is 444 g/mol. The van der Waals surface area contributed by atoms with Crippen LogP contribution in [0.5, 0.6) is 0 Å². The molecule has 28 heavy (non-hydrogen) atoms. The van der Waals surface area contributed by atoms with Crippen LogP contribution in [0.3, 0.4) is 0 Å². The number of nitrogens with one attached hydrogen (secondary N) is 1. The minimum Gasteiger partial charge on any atom is -0.455 e. The maximum Gasteiger partial charge on any atom is 0.309 e. The van der Waals surface area contributed by atoms with Crippen molar-refractivity contribution in [1.29, 1.82) is 0 Å². The number of ether oxygens (including phenoxy) is 1. The van der Waals surface area contributed by atoms with Crippen LogP contribution in [0.15, 0.2) is 30.6 Å². The Hall–Kier alpha value is -2.09. The Kier molecular flexibility index (Phi) is 6.93. The van der Waals surface area contributed by atoms with Crippen molar-refractivity contribution in [2.24, 2.45) is 5.92 Å². The van der Waals surface area contributed by atoms with Crippen LogP contribution in [0.2, 0.25) is 15.1 Å². The third-order valence-corrected chi connectivity index (χ3v) is 5.33. The number of hydrogen-bond acceptors (Lipinski definition) is 6. The minimum absolute atomic E-state index is 0.240. The molecule has 0 radical (unpaired) electrons. The summed E-state index contributed by atoms with van der Waals surface area (Å²) in [6, 6.07) is 4.62. The summed E-state index contributed by atoms with van der Waals surface area (Å²) in [6.45, 7) is 0.890. The second kappa shape index (κ2) is 9.41. The van der Waals surface area contributed by atoms with Crippen molar-refractivity contribution in [3.8, 4) is 0 Å². The van der Waals surface area contributed by atoms with Crippen molar-refractivity contribution in [1.82, 2.24) is 9.97 Å². The van der Waals surface area contributed by atoms with E-state index in [9.17, 15) is 9.59 Å². The SMILES string of the molecule is O=C(COC(=O)C1CCN(c2ncccn2)CC1)Nc1cc(Cl)c(Cl)cc1Cl. The fourth-order valence-corrected chi connectivity index (χ4v) is 3.42. The first-order valence-corrected chi connectivity index (χ1v) is 9.70. The summed E-state index contributed by atoms with van der Waals surface area (Å²) in [7, 11) is 0. The summed E-state index contributed by atoms with van der Waals surface area (Å²) in [6.07, 6.45) is 4.58. The number of rotatable bonds is 5. The quantitative estimate of drug-likeness (QED) is 0.558. The number of amides is 1. The number of anilines is 2. The van der Waals surface area contributed by atoms with Crippen molar-refractivity contribution >= 4 is 58.3 Å². The van der Waals surface area contributed by atoms with Crippen molar-refractivity contribution in [2.75, 3.05) is 29.9 Å². The number of carbonyl (C=O) groups is 2. The van der Waals surface area contributed by atoms with Crippen LogP contribution in [0.4, 0.5) is 11.6 Å². The van der Waals surface area contributed by atoms with Gasteiger partial charge in [0.25, 0.3) is 5.91 Å². The highest BCUT2D eigenvalue weighted by molar-refractivity contribution is 6.44. The lowest BCUT2D eigenvalue weighted by molar-refractivity contribution is -0.152. The van der Waals surface area contributed by atoms with Crippen molar-refractivity contribution in [3.05, 3.63) is 45.7 Å². The lowest BCUT2D eigenvalue weighted by atomic mass is 9.97. The molecule has 2 heterocycles. The number of hydrogen-bond donors (Lipinski definition) is 1. The summed E-state index contributed by atoms with van der Waals surface area (Å²) in [5, 5.41) is 3.33. The first kappa shape index (κ1) is 20.6. The fourth-order valence-electron chi connectivity index (χ4n) is 2.83. The fraction of sp³-hybridized carbons (Fsp3) is 0.333. The summed E-state index contributed by atoms with van der Waals surface area (Å²) in [5.74, 6) is -0.527. The number of nitrogens with zero attached hydrogens (tertiary/aromatic N) is 3. The van der Waals surface area contributed by atoms with E-state index in [-0.39, 0.29) is 21.0 Å². The van der Waals surface area contributed by atoms with E-state index in [0.717, 1.165) is 0 Å². The van der Waals surface area contributed by atoms with Gasteiger partial charge in [0.15, 0.2) is 6.61 Å². The monoisotopic (exact) mass is 442 g/mol. The normalized spacial score (nSPS) is 14.6. The Morgan fingerprint density at radius 1 is 1.07 bits per heavy atom. The molecule has 10 heteroatoms. The molecule has 1 N–H and O–H groups in total. The van der Waals surface area contributed by atoms with Crippen LogP contribution in [0.1, 0.15) is 12.8 Å². The first-order chi connectivity index (χ1) is 13.4. The average Bonchev–Trinajstić information content (AvgIpc) is 2.71. The molecule has 1 aliphatic rings. The zero-order valence-corrected chi connectivity index (χ0v) is 17.0. The maximum absolute atomic E-state index is 12.2. The van der Waals surface area contributed by atoms with Gasteiger partial charge in [0.05, 0.1) is 26.7 Å². The van der Waals surface area contributed by atoms with Gasteiger partial charge in [-0.05, 0) is 31.0 Å². The summed E-state index contributed by atoms with van der Waals surface area (Å²) in [4.78, 5) is 34.7. The Labute approximate surface area is 176 Å². The standard InChI is InChI=1S/C18H17Cl3N4O3/c19-12-8-14(21)15(9-13(12)20)24-16(26)10-28-17(27)11-2-6-25(7-3-11)18-22-4-1-5-23-18/h1,4-5,8-9,11H,2-3,6-7,10H2,(H,24,26). The molecule has 148 valence electrons. The van der Waals surface area contributed by atoms with Crippen LogP contribution < -0.4 is 10.2 Å². The molecular weight excluding hydrogens is 427 g/mol. The van der Waals surface area contributed by atoms with E-state index in [0.29, 0.717) is 37.6 Å². The number of esters is 1. The van der Waals surface area contributed by atoms with Gasteiger partial charge in [-0.25, -0.2) is 9.97 Å². The zero-order chi connectivity index (χ0) is 20.1. The predicted octanol–water partition coefficient (Wildman–Crippen LogP) is 3.84. The molecule has 0 saturated carbocycles. The Morgan fingerprint density at radius 2 is 1.71 bits per heavy atom. The molecule has 3 rings (SSSR count). The van der Waals surface area contributed by atoms with Gasteiger partial charge in [0, 0.05) is 25.5 Å². The van der Waals surface area contributed by atoms with E-state index in [1.54, 1.807) is 18.5 Å². The Morgan fingerprint density at radius 3 is 2.39 bits per heavy atom. The first-order valence-electron chi connectivity index (χ1n) is 8.57. The Balaban J connectivity index is 1.46. The molecule has 1 aromatic heterocycles.